The molecule has 1 fully saturated rings. The van der Waals surface area contributed by atoms with E-state index in [1.54, 1.807) is 6.92 Å². The van der Waals surface area contributed by atoms with E-state index in [1.807, 2.05) is 20.8 Å². The summed E-state index contributed by atoms with van der Waals surface area (Å²) in [4.78, 5) is 12.7. The van der Waals surface area contributed by atoms with E-state index in [1.165, 1.54) is 12.1 Å². The lowest BCUT2D eigenvalue weighted by Crippen LogP contribution is -2.75. The second-order valence-electron chi connectivity index (χ2n) is 6.82. The first-order valence-electron chi connectivity index (χ1n) is 7.90. The highest BCUT2D eigenvalue weighted by molar-refractivity contribution is 6.35. The molecule has 0 radical (unpaired) electrons. The molecule has 3 atom stereocenters. The van der Waals surface area contributed by atoms with Crippen LogP contribution >= 0.6 is 35.6 Å². The quantitative estimate of drug-likeness (QED) is 0.709. The van der Waals surface area contributed by atoms with Crippen LogP contribution in [-0.4, -0.2) is 24.2 Å². The number of nitrogens with two attached hydrogens (primary N) is 1. The van der Waals surface area contributed by atoms with E-state index >= 15 is 0 Å². The lowest BCUT2D eigenvalue weighted by molar-refractivity contribution is -0.171. The van der Waals surface area contributed by atoms with Crippen molar-refractivity contribution in [1.82, 2.24) is 5.32 Å². The van der Waals surface area contributed by atoms with Crippen LogP contribution in [0, 0.1) is 11.2 Å². The van der Waals surface area contributed by atoms with Gasteiger partial charge in [0.05, 0.1) is 17.2 Å². The van der Waals surface area contributed by atoms with Crippen LogP contribution in [0.2, 0.25) is 10.0 Å². The number of nitrogens with one attached hydrogen (secondary N) is 1. The van der Waals surface area contributed by atoms with E-state index in [4.69, 9.17) is 33.7 Å². The zero-order valence-electron chi connectivity index (χ0n) is 14.7. The van der Waals surface area contributed by atoms with Crippen molar-refractivity contribution in [3.8, 4) is 0 Å². The molecular formula is C17H24Cl3FN2O2. The highest BCUT2D eigenvalue weighted by atomic mass is 35.5. The molecule has 0 bridgehead atoms. The fraction of sp³-hybridized carbons (Fsp3) is 0.588. The van der Waals surface area contributed by atoms with Gasteiger partial charge >= 0.3 is 0 Å². The molecule has 2 rings (SSSR count). The molecule has 3 N–H and O–H groups in total. The van der Waals surface area contributed by atoms with E-state index in [0.717, 1.165) is 0 Å². The summed E-state index contributed by atoms with van der Waals surface area (Å²) in [6, 6.07) is 2.06. The summed E-state index contributed by atoms with van der Waals surface area (Å²) in [5.74, 6) is -0.887. The summed E-state index contributed by atoms with van der Waals surface area (Å²) >= 11 is 11.8. The van der Waals surface area contributed by atoms with Gasteiger partial charge in [-0.3, -0.25) is 4.79 Å². The van der Waals surface area contributed by atoms with Crippen LogP contribution in [0.15, 0.2) is 12.1 Å². The summed E-state index contributed by atoms with van der Waals surface area (Å²) in [6.45, 7) is 8.03. The number of carbonyl (C=O) groups is 1. The Kier molecular flexibility index (Phi) is 7.16. The van der Waals surface area contributed by atoms with Crippen molar-refractivity contribution in [2.45, 2.75) is 51.8 Å². The van der Waals surface area contributed by atoms with Gasteiger partial charge in [-0.1, -0.05) is 37.0 Å². The highest BCUT2D eigenvalue weighted by Gasteiger charge is 2.62. The monoisotopic (exact) mass is 412 g/mol. The predicted octanol–water partition coefficient (Wildman–Crippen LogP) is 4.26. The number of hydrogen-bond acceptors (Lipinski definition) is 3. The van der Waals surface area contributed by atoms with Crippen molar-refractivity contribution >= 4 is 41.5 Å². The van der Waals surface area contributed by atoms with Gasteiger partial charge in [0.2, 0.25) is 5.91 Å². The minimum atomic E-state index is -1.04. The fourth-order valence-electron chi connectivity index (χ4n) is 3.09. The van der Waals surface area contributed by atoms with Gasteiger partial charge in [0.15, 0.2) is 0 Å². The molecule has 142 valence electrons. The number of ether oxygens (including phenoxy) is 1. The predicted molar refractivity (Wildman–Crippen MR) is 101 cm³/mol. The van der Waals surface area contributed by atoms with Crippen molar-refractivity contribution < 1.29 is 13.9 Å². The Balaban J connectivity index is 0.00000312. The SMILES string of the molecule is CCOC1CC(N)(C(=O)NC(C)c2cc(F)c(Cl)cc2Cl)C1(C)C.Cl. The molecule has 25 heavy (non-hydrogen) atoms. The van der Waals surface area contributed by atoms with Crippen LogP contribution in [-0.2, 0) is 9.53 Å². The minimum Gasteiger partial charge on any atom is -0.378 e. The minimum absolute atomic E-state index is 0. The summed E-state index contributed by atoms with van der Waals surface area (Å²) in [5, 5.41) is 3.06. The van der Waals surface area contributed by atoms with Crippen molar-refractivity contribution in [2.75, 3.05) is 6.61 Å². The van der Waals surface area contributed by atoms with Gasteiger partial charge in [-0.2, -0.15) is 0 Å². The molecule has 3 unspecified atom stereocenters. The fourth-order valence-corrected chi connectivity index (χ4v) is 3.64. The molecule has 1 saturated carbocycles. The average molecular weight is 414 g/mol. The van der Waals surface area contributed by atoms with E-state index in [0.29, 0.717) is 23.6 Å². The molecule has 0 heterocycles. The van der Waals surface area contributed by atoms with Gasteiger partial charge in [0.25, 0.3) is 0 Å². The van der Waals surface area contributed by atoms with Crippen molar-refractivity contribution in [2.24, 2.45) is 11.1 Å². The smallest absolute Gasteiger partial charge is 0.241 e. The van der Waals surface area contributed by atoms with Gasteiger partial charge < -0.3 is 15.8 Å². The normalized spacial score (nSPS) is 25.5. The lowest BCUT2D eigenvalue weighted by atomic mass is 9.54. The molecule has 0 spiro atoms. The number of hydrogen-bond donors (Lipinski definition) is 2. The molecule has 1 aliphatic carbocycles. The second kappa shape index (κ2) is 7.97. The summed E-state index contributed by atoms with van der Waals surface area (Å²) in [5.41, 5.74) is 5.25. The van der Waals surface area contributed by atoms with Crippen LogP contribution in [0.5, 0.6) is 0 Å². The zero-order valence-corrected chi connectivity index (χ0v) is 17.0. The number of carbonyl (C=O) groups excluding carboxylic acids is 1. The first-order valence-corrected chi connectivity index (χ1v) is 8.66. The Hall–Kier alpha value is -0.590. The zero-order chi connectivity index (χ0) is 18.3. The lowest BCUT2D eigenvalue weighted by Gasteiger charge is -2.57. The van der Waals surface area contributed by atoms with Crippen LogP contribution in [0.1, 0.15) is 45.7 Å². The topological polar surface area (TPSA) is 64.3 Å². The first-order chi connectivity index (χ1) is 11.0. The van der Waals surface area contributed by atoms with E-state index in [9.17, 15) is 9.18 Å². The van der Waals surface area contributed by atoms with Crippen molar-refractivity contribution in [3.05, 3.63) is 33.6 Å². The van der Waals surface area contributed by atoms with Gasteiger partial charge in [-0.15, -0.1) is 12.4 Å². The Bertz CT molecular complexity index is 657. The maximum absolute atomic E-state index is 13.7. The number of benzene rings is 1. The molecule has 0 aromatic heterocycles. The van der Waals surface area contributed by atoms with E-state index < -0.39 is 22.8 Å². The van der Waals surface area contributed by atoms with Gasteiger partial charge in [-0.25, -0.2) is 4.39 Å². The maximum Gasteiger partial charge on any atom is 0.241 e. The van der Waals surface area contributed by atoms with E-state index in [-0.39, 0.29) is 29.4 Å². The molecule has 1 aromatic rings. The molecule has 1 amide bonds. The largest absolute Gasteiger partial charge is 0.378 e. The number of amides is 1. The standard InChI is InChI=1S/C17H23Cl2FN2O2.ClH/c1-5-24-14-8-17(21,16(14,3)4)15(23)22-9(2)10-6-13(20)12(19)7-11(10)18;/h6-7,9,14H,5,8,21H2,1-4H3,(H,22,23);1H. The Morgan fingerprint density at radius 1 is 1.44 bits per heavy atom. The summed E-state index contributed by atoms with van der Waals surface area (Å²) < 4.78 is 19.3. The van der Waals surface area contributed by atoms with Crippen LogP contribution < -0.4 is 11.1 Å². The summed E-state index contributed by atoms with van der Waals surface area (Å²) in [7, 11) is 0. The third-order valence-corrected chi connectivity index (χ3v) is 5.71. The molecule has 1 aromatic carbocycles. The second-order valence-corrected chi connectivity index (χ2v) is 7.64. The van der Waals surface area contributed by atoms with Crippen molar-refractivity contribution in [1.29, 1.82) is 0 Å². The molecular weight excluding hydrogens is 390 g/mol. The Morgan fingerprint density at radius 3 is 2.56 bits per heavy atom. The van der Waals surface area contributed by atoms with Crippen LogP contribution in [0.4, 0.5) is 4.39 Å². The van der Waals surface area contributed by atoms with E-state index in [2.05, 4.69) is 5.32 Å². The van der Waals surface area contributed by atoms with Gasteiger partial charge in [0.1, 0.15) is 11.4 Å². The summed E-state index contributed by atoms with van der Waals surface area (Å²) in [6.07, 6.45) is 0.375. The molecule has 4 nitrogen and oxygen atoms in total. The molecule has 0 aliphatic heterocycles. The third-order valence-electron chi connectivity index (χ3n) is 5.09. The van der Waals surface area contributed by atoms with Crippen LogP contribution in [0.25, 0.3) is 0 Å². The number of halogens is 4. The first kappa shape index (κ1) is 22.5. The van der Waals surface area contributed by atoms with Gasteiger partial charge in [-0.05, 0) is 31.5 Å². The van der Waals surface area contributed by atoms with Gasteiger partial charge in [0, 0.05) is 23.5 Å². The highest BCUT2D eigenvalue weighted by Crippen LogP contribution is 2.50. The average Bonchev–Trinajstić information content (AvgIpc) is 2.50. The number of rotatable bonds is 5. The maximum atomic E-state index is 13.7. The Morgan fingerprint density at radius 2 is 2.04 bits per heavy atom. The third kappa shape index (κ3) is 3.91. The molecule has 1 aliphatic rings. The molecule has 8 heteroatoms. The van der Waals surface area contributed by atoms with Crippen molar-refractivity contribution in [3.63, 3.8) is 0 Å². The molecule has 0 saturated heterocycles. The van der Waals surface area contributed by atoms with Crippen LogP contribution in [0.3, 0.4) is 0 Å². The Labute approximate surface area is 164 Å².